The summed E-state index contributed by atoms with van der Waals surface area (Å²) in [5, 5.41) is 9.50. The van der Waals surface area contributed by atoms with Crippen molar-refractivity contribution in [1.29, 1.82) is 0 Å². The van der Waals surface area contributed by atoms with E-state index in [1.54, 1.807) is 7.11 Å². The average molecular weight is 315 g/mol. The second-order valence-electron chi connectivity index (χ2n) is 7.14. The molecular weight excluding hydrogens is 286 g/mol. The largest absolute Gasteiger partial charge is 0.496 e. The minimum absolute atomic E-state index is 0.146. The number of hydrogen-bond donors (Lipinski definition) is 1. The molecule has 1 fully saturated rings. The van der Waals surface area contributed by atoms with Gasteiger partial charge in [-0.25, -0.2) is 0 Å². The number of allylic oxidation sites excluding steroid dienone is 3. The number of aliphatic hydroxyl groups excluding tert-OH is 1. The minimum Gasteiger partial charge on any atom is -0.496 e. The number of aliphatic hydroxyl groups is 1. The molecule has 126 valence electrons. The van der Waals surface area contributed by atoms with Crippen LogP contribution in [0.2, 0.25) is 0 Å². The zero-order chi connectivity index (χ0) is 17.0. The van der Waals surface area contributed by atoms with Crippen molar-refractivity contribution in [2.24, 2.45) is 5.41 Å². The lowest BCUT2D eigenvalue weighted by molar-refractivity contribution is 0.162. The molecule has 1 aromatic heterocycles. The predicted octanol–water partition coefficient (Wildman–Crippen LogP) is 4.61. The van der Waals surface area contributed by atoms with E-state index in [0.717, 1.165) is 29.0 Å². The number of aromatic nitrogens is 1. The summed E-state index contributed by atoms with van der Waals surface area (Å²) in [7, 11) is 1.70. The third kappa shape index (κ3) is 4.44. The smallest absolute Gasteiger partial charge is 0.122 e. The summed E-state index contributed by atoms with van der Waals surface area (Å²) in [6.07, 6.45) is 7.44. The summed E-state index contributed by atoms with van der Waals surface area (Å²) < 4.78 is 5.56. The monoisotopic (exact) mass is 315 g/mol. The van der Waals surface area contributed by atoms with Gasteiger partial charge in [-0.05, 0) is 50.7 Å². The van der Waals surface area contributed by atoms with Crippen molar-refractivity contribution in [3.8, 4) is 0 Å². The molecule has 2 rings (SSSR count). The molecule has 1 N–H and O–H groups in total. The van der Waals surface area contributed by atoms with Gasteiger partial charge in [-0.1, -0.05) is 26.0 Å². The highest BCUT2D eigenvalue weighted by Crippen LogP contribution is 2.40. The summed E-state index contributed by atoms with van der Waals surface area (Å²) in [6.45, 7) is 8.32. The molecule has 1 aliphatic carbocycles. The van der Waals surface area contributed by atoms with Crippen LogP contribution in [0.4, 0.5) is 0 Å². The Kier molecular flexibility index (Phi) is 5.64. The van der Waals surface area contributed by atoms with Gasteiger partial charge < -0.3 is 9.84 Å². The number of aryl methyl sites for hydroxylation is 1. The zero-order valence-corrected chi connectivity index (χ0v) is 15.0. The van der Waals surface area contributed by atoms with Gasteiger partial charge in [-0.15, -0.1) is 0 Å². The van der Waals surface area contributed by atoms with E-state index in [4.69, 9.17) is 9.72 Å². The average Bonchev–Trinajstić information content (AvgIpc) is 3.37. The number of ether oxygens (including phenoxy) is 1. The second-order valence-corrected chi connectivity index (χ2v) is 7.14. The Morgan fingerprint density at radius 3 is 2.57 bits per heavy atom. The molecule has 1 heterocycles. The molecule has 3 heteroatoms. The van der Waals surface area contributed by atoms with Crippen LogP contribution in [0.15, 0.2) is 30.0 Å². The van der Waals surface area contributed by atoms with Crippen molar-refractivity contribution < 1.29 is 9.84 Å². The molecule has 23 heavy (non-hydrogen) atoms. The molecule has 0 spiro atoms. The van der Waals surface area contributed by atoms with E-state index < -0.39 is 0 Å². The first-order valence-corrected chi connectivity index (χ1v) is 8.41. The van der Waals surface area contributed by atoms with E-state index in [2.05, 4.69) is 39.0 Å². The fourth-order valence-corrected chi connectivity index (χ4v) is 2.64. The lowest BCUT2D eigenvalue weighted by Gasteiger charge is -2.21. The van der Waals surface area contributed by atoms with Crippen molar-refractivity contribution >= 4 is 5.57 Å². The van der Waals surface area contributed by atoms with Crippen LogP contribution in [0.1, 0.15) is 62.9 Å². The van der Waals surface area contributed by atoms with Crippen LogP contribution < -0.4 is 0 Å². The Balaban J connectivity index is 2.39. The van der Waals surface area contributed by atoms with Crippen molar-refractivity contribution in [2.75, 3.05) is 13.7 Å². The van der Waals surface area contributed by atoms with E-state index in [-0.39, 0.29) is 12.0 Å². The van der Waals surface area contributed by atoms with Gasteiger partial charge in [0.25, 0.3) is 0 Å². The molecule has 1 aliphatic rings. The molecule has 1 saturated carbocycles. The maximum absolute atomic E-state index is 9.50. The molecule has 1 aromatic rings. The fraction of sp³-hybridized carbons (Fsp3) is 0.550. The Hall–Kier alpha value is -1.61. The van der Waals surface area contributed by atoms with Gasteiger partial charge in [0.15, 0.2) is 0 Å². The van der Waals surface area contributed by atoms with Crippen LogP contribution in [0, 0.1) is 12.3 Å². The highest BCUT2D eigenvalue weighted by atomic mass is 16.5. The molecule has 0 radical (unpaired) electrons. The van der Waals surface area contributed by atoms with Crippen LogP contribution in [-0.4, -0.2) is 23.8 Å². The first kappa shape index (κ1) is 17.7. The minimum atomic E-state index is -0.146. The number of pyridine rings is 1. The molecule has 0 aliphatic heterocycles. The zero-order valence-electron chi connectivity index (χ0n) is 15.0. The van der Waals surface area contributed by atoms with E-state index in [1.165, 1.54) is 18.5 Å². The van der Waals surface area contributed by atoms with Crippen LogP contribution >= 0.6 is 0 Å². The highest BCUT2D eigenvalue weighted by Gasteiger charge is 2.26. The first-order valence-electron chi connectivity index (χ1n) is 8.41. The molecule has 0 bridgehead atoms. The second kappa shape index (κ2) is 7.31. The Morgan fingerprint density at radius 1 is 1.39 bits per heavy atom. The molecule has 0 aromatic carbocycles. The molecule has 0 atom stereocenters. The van der Waals surface area contributed by atoms with E-state index in [1.807, 2.05) is 13.0 Å². The highest BCUT2D eigenvalue weighted by molar-refractivity contribution is 5.78. The summed E-state index contributed by atoms with van der Waals surface area (Å²) in [5.41, 5.74) is 4.27. The van der Waals surface area contributed by atoms with Gasteiger partial charge in [0.1, 0.15) is 5.76 Å². The number of rotatable bonds is 7. The van der Waals surface area contributed by atoms with Gasteiger partial charge >= 0.3 is 0 Å². The van der Waals surface area contributed by atoms with Gasteiger partial charge in [0.2, 0.25) is 0 Å². The van der Waals surface area contributed by atoms with Gasteiger partial charge in [-0.3, -0.25) is 4.98 Å². The van der Waals surface area contributed by atoms with Crippen molar-refractivity contribution in [3.05, 3.63) is 47.0 Å². The lowest BCUT2D eigenvalue weighted by atomic mass is 9.88. The summed E-state index contributed by atoms with van der Waals surface area (Å²) >= 11 is 0. The number of nitrogens with zero attached hydrogens (tertiary/aromatic N) is 1. The van der Waals surface area contributed by atoms with Crippen molar-refractivity contribution in [3.63, 3.8) is 0 Å². The molecule has 0 amide bonds. The fourth-order valence-electron chi connectivity index (χ4n) is 2.64. The summed E-state index contributed by atoms with van der Waals surface area (Å²) in [5.74, 6) is 1.51. The Morgan fingerprint density at radius 2 is 2.09 bits per heavy atom. The number of methoxy groups -OCH3 is 1. The standard InChI is InChI=1S/C20H29NO2/c1-6-19(23-5)17(11-12-20(3,4)13-22)16-9-10-18(15-7-8-15)21-14(16)2/h6,9-11,15,22H,7-8,12-13H2,1-5H3/b17-11-,19-6+. The van der Waals surface area contributed by atoms with Gasteiger partial charge in [0, 0.05) is 35.0 Å². The quantitative estimate of drug-likeness (QED) is 0.590. The summed E-state index contributed by atoms with van der Waals surface area (Å²) in [6, 6.07) is 4.31. The van der Waals surface area contributed by atoms with Crippen LogP contribution in [0.25, 0.3) is 5.57 Å². The topological polar surface area (TPSA) is 42.4 Å². The molecule has 3 nitrogen and oxygen atoms in total. The first-order chi connectivity index (χ1) is 10.9. The Bertz CT molecular complexity index is 610. The summed E-state index contributed by atoms with van der Waals surface area (Å²) in [4.78, 5) is 4.80. The van der Waals surface area contributed by atoms with E-state index >= 15 is 0 Å². The Labute approximate surface area is 140 Å². The maximum Gasteiger partial charge on any atom is 0.122 e. The van der Waals surface area contributed by atoms with E-state index in [0.29, 0.717) is 5.92 Å². The maximum atomic E-state index is 9.50. The van der Waals surface area contributed by atoms with Crippen LogP contribution in [-0.2, 0) is 4.74 Å². The third-order valence-electron chi connectivity index (χ3n) is 4.43. The lowest BCUT2D eigenvalue weighted by Crippen LogP contribution is -2.15. The molecule has 0 unspecified atom stereocenters. The van der Waals surface area contributed by atoms with Crippen molar-refractivity contribution in [2.45, 2.75) is 52.9 Å². The molecular formula is C20H29NO2. The molecule has 0 saturated heterocycles. The predicted molar refractivity (Wildman–Crippen MR) is 95.2 cm³/mol. The van der Waals surface area contributed by atoms with Crippen LogP contribution in [0.3, 0.4) is 0 Å². The SMILES string of the molecule is C/C=C(OC)\C(=C/CC(C)(C)CO)c1ccc(C2CC2)nc1C. The third-order valence-corrected chi connectivity index (χ3v) is 4.43. The van der Waals surface area contributed by atoms with Crippen LogP contribution in [0.5, 0.6) is 0 Å². The van der Waals surface area contributed by atoms with Gasteiger partial charge in [0.05, 0.1) is 7.11 Å². The van der Waals surface area contributed by atoms with E-state index in [9.17, 15) is 5.11 Å². The van der Waals surface area contributed by atoms with Crippen molar-refractivity contribution in [1.82, 2.24) is 4.98 Å². The van der Waals surface area contributed by atoms with Gasteiger partial charge in [-0.2, -0.15) is 0 Å². The normalized spacial score (nSPS) is 16.6. The number of hydrogen-bond acceptors (Lipinski definition) is 3.